The molecule has 14 heteroatoms. The molecular weight excluding hydrogens is 474 g/mol. The molecular formula is C20H23N3O10S. The van der Waals surface area contributed by atoms with Crippen molar-refractivity contribution in [2.75, 3.05) is 32.8 Å². The fourth-order valence-corrected chi connectivity index (χ4v) is 6.77. The molecule has 0 unspecified atom stereocenters. The molecule has 3 atom stereocenters. The summed E-state index contributed by atoms with van der Waals surface area (Å²) < 4.78 is 29.0. The minimum atomic E-state index is -4.10. The van der Waals surface area contributed by atoms with Gasteiger partial charge in [0, 0.05) is 31.7 Å². The van der Waals surface area contributed by atoms with Crippen molar-refractivity contribution >= 4 is 33.7 Å². The Balaban J connectivity index is 1.38. The molecule has 4 rings (SSSR count). The molecule has 3 fully saturated rings. The summed E-state index contributed by atoms with van der Waals surface area (Å²) in [6.45, 7) is 0.836. The number of aromatic hydroxyl groups is 2. The zero-order valence-corrected chi connectivity index (χ0v) is 18.9. The number of carbonyl (C=O) groups is 4. The van der Waals surface area contributed by atoms with Crippen molar-refractivity contribution < 1.29 is 47.7 Å². The van der Waals surface area contributed by atoms with Crippen LogP contribution in [0, 0.1) is 0 Å². The zero-order chi connectivity index (χ0) is 25.0. The molecule has 0 aliphatic carbocycles. The van der Waals surface area contributed by atoms with Crippen molar-refractivity contribution in [2.45, 2.75) is 29.5 Å². The summed E-state index contributed by atoms with van der Waals surface area (Å²) in [6, 6.07) is 2.02. The molecule has 0 spiro atoms. The van der Waals surface area contributed by atoms with Gasteiger partial charge in [0.25, 0.3) is 5.91 Å². The van der Waals surface area contributed by atoms with Crippen LogP contribution in [0.1, 0.15) is 23.7 Å². The number of sulfone groups is 1. The number of amides is 3. The Bertz CT molecular complexity index is 1180. The molecule has 3 amide bonds. The van der Waals surface area contributed by atoms with Gasteiger partial charge < -0.3 is 34.8 Å². The third kappa shape index (κ3) is 3.48. The van der Waals surface area contributed by atoms with Crippen LogP contribution in [0.15, 0.2) is 18.2 Å². The molecule has 34 heavy (non-hydrogen) atoms. The number of rotatable bonds is 4. The van der Waals surface area contributed by atoms with Crippen LogP contribution in [0.5, 0.6) is 11.5 Å². The Morgan fingerprint density at radius 2 is 1.71 bits per heavy atom. The molecule has 0 radical (unpaired) electrons. The van der Waals surface area contributed by atoms with Gasteiger partial charge in [0.2, 0.25) is 5.91 Å². The van der Waals surface area contributed by atoms with Crippen molar-refractivity contribution in [3.8, 4) is 11.5 Å². The Hall–Kier alpha value is -3.55. The average molecular weight is 497 g/mol. The molecule has 0 saturated carbocycles. The van der Waals surface area contributed by atoms with E-state index < -0.39 is 62.2 Å². The van der Waals surface area contributed by atoms with Gasteiger partial charge in [-0.1, -0.05) is 0 Å². The monoisotopic (exact) mass is 497 g/mol. The Labute approximate surface area is 194 Å². The van der Waals surface area contributed by atoms with Crippen LogP contribution in [-0.4, -0.2) is 111 Å². The van der Waals surface area contributed by atoms with Gasteiger partial charge in [0.05, 0.1) is 6.42 Å². The summed E-state index contributed by atoms with van der Waals surface area (Å²) in [5.41, 5.74) is 0.157. The third-order valence-electron chi connectivity index (χ3n) is 6.58. The second-order valence-electron chi connectivity index (χ2n) is 8.60. The quantitative estimate of drug-likeness (QED) is 0.351. The maximum Gasteiger partial charge on any atom is 0.409 e. The van der Waals surface area contributed by atoms with E-state index >= 15 is 0 Å². The number of benzene rings is 1. The highest BCUT2D eigenvalue weighted by molar-refractivity contribution is 7.94. The van der Waals surface area contributed by atoms with E-state index in [4.69, 9.17) is 4.74 Å². The molecule has 0 aromatic heterocycles. The standard InChI is InChI=1S/C20H23N3O10S/c1-20(16(18(28)29)23-14(26)9-15(23)34(20,31)32)10-33-19(30)22-6-4-21(5-7-22)17(27)11-2-3-12(24)13(25)8-11/h2-3,8,15-16,24-25H,4-7,9-10H2,1H3,(H,28,29)/t15-,16+,20+/m1/s1. The number of ether oxygens (including phenoxy) is 1. The van der Waals surface area contributed by atoms with Gasteiger partial charge in [0.1, 0.15) is 16.7 Å². The number of phenols is 2. The number of carboxylic acid groups (broad SMARTS) is 1. The van der Waals surface area contributed by atoms with Crippen molar-refractivity contribution in [2.24, 2.45) is 0 Å². The van der Waals surface area contributed by atoms with E-state index in [1.165, 1.54) is 21.9 Å². The van der Waals surface area contributed by atoms with Gasteiger partial charge in [-0.05, 0) is 25.1 Å². The summed E-state index contributed by atoms with van der Waals surface area (Å²) in [6.07, 6.45) is -1.17. The predicted molar refractivity (Wildman–Crippen MR) is 113 cm³/mol. The molecule has 184 valence electrons. The lowest BCUT2D eigenvalue weighted by molar-refractivity contribution is -0.158. The number of aliphatic carboxylic acids is 1. The zero-order valence-electron chi connectivity index (χ0n) is 18.1. The van der Waals surface area contributed by atoms with E-state index in [0.29, 0.717) is 0 Å². The second kappa shape index (κ2) is 8.04. The number of fused-ring (bicyclic) bond motifs is 1. The molecule has 1 aromatic rings. The van der Waals surface area contributed by atoms with Crippen LogP contribution >= 0.6 is 0 Å². The van der Waals surface area contributed by atoms with E-state index in [1.54, 1.807) is 0 Å². The normalized spacial score (nSPS) is 27.7. The van der Waals surface area contributed by atoms with Crippen molar-refractivity contribution in [1.29, 1.82) is 0 Å². The first kappa shape index (κ1) is 23.6. The molecule has 3 heterocycles. The van der Waals surface area contributed by atoms with E-state index in [-0.39, 0.29) is 43.9 Å². The number of phenolic OH excluding ortho intramolecular Hbond substituents is 2. The Morgan fingerprint density at radius 3 is 2.26 bits per heavy atom. The van der Waals surface area contributed by atoms with Crippen molar-refractivity contribution in [1.82, 2.24) is 14.7 Å². The number of β-lactam (4-membered cyclic amide) rings is 1. The predicted octanol–water partition coefficient (Wildman–Crippen LogP) is -0.809. The maximum absolute atomic E-state index is 12.9. The van der Waals surface area contributed by atoms with Gasteiger partial charge in [-0.15, -0.1) is 0 Å². The largest absolute Gasteiger partial charge is 0.504 e. The summed E-state index contributed by atoms with van der Waals surface area (Å²) >= 11 is 0. The number of hydrogen-bond acceptors (Lipinski definition) is 9. The highest BCUT2D eigenvalue weighted by atomic mass is 32.2. The highest BCUT2D eigenvalue weighted by Gasteiger charge is 2.70. The van der Waals surface area contributed by atoms with Crippen LogP contribution < -0.4 is 0 Å². The molecule has 0 bridgehead atoms. The van der Waals surface area contributed by atoms with Gasteiger partial charge in [-0.25, -0.2) is 18.0 Å². The van der Waals surface area contributed by atoms with Crippen LogP contribution in [0.25, 0.3) is 0 Å². The summed E-state index contributed by atoms with van der Waals surface area (Å²) in [5.74, 6) is -3.29. The summed E-state index contributed by atoms with van der Waals surface area (Å²) in [5, 5.41) is 27.3. The van der Waals surface area contributed by atoms with Crippen molar-refractivity contribution in [3.05, 3.63) is 23.8 Å². The fraction of sp³-hybridized carbons (Fsp3) is 0.500. The third-order valence-corrected chi connectivity index (χ3v) is 9.33. The van der Waals surface area contributed by atoms with Gasteiger partial charge >= 0.3 is 12.1 Å². The second-order valence-corrected chi connectivity index (χ2v) is 11.2. The maximum atomic E-state index is 12.9. The van der Waals surface area contributed by atoms with Crippen LogP contribution in [0.4, 0.5) is 4.79 Å². The van der Waals surface area contributed by atoms with Gasteiger partial charge in [-0.3, -0.25) is 9.59 Å². The lowest BCUT2D eigenvalue weighted by Crippen LogP contribution is -2.58. The molecule has 3 aliphatic rings. The molecule has 3 N–H and O–H groups in total. The number of hydrogen-bond donors (Lipinski definition) is 3. The van der Waals surface area contributed by atoms with Crippen LogP contribution in [0.2, 0.25) is 0 Å². The van der Waals surface area contributed by atoms with Gasteiger partial charge in [0.15, 0.2) is 27.4 Å². The summed E-state index contributed by atoms with van der Waals surface area (Å²) in [4.78, 5) is 52.3. The number of carboxylic acids is 1. The SMILES string of the molecule is C[C@]1(COC(=O)N2CCN(C(=O)c3ccc(O)c(O)c3)CC2)[C@H](C(=O)O)N2C(=O)C[C@H]2S1(=O)=O. The Kier molecular flexibility index (Phi) is 5.58. The average Bonchev–Trinajstić information content (AvgIpc) is 2.93. The van der Waals surface area contributed by atoms with E-state index in [2.05, 4.69) is 0 Å². The minimum absolute atomic E-state index is 0.0771. The van der Waals surface area contributed by atoms with E-state index in [0.717, 1.165) is 17.9 Å². The molecule has 3 aliphatic heterocycles. The molecule has 1 aromatic carbocycles. The first-order valence-corrected chi connectivity index (χ1v) is 11.9. The lowest BCUT2D eigenvalue weighted by atomic mass is 9.97. The fourth-order valence-electron chi connectivity index (χ4n) is 4.50. The number of nitrogens with zero attached hydrogens (tertiary/aromatic N) is 3. The number of carbonyl (C=O) groups excluding carboxylic acids is 3. The van der Waals surface area contributed by atoms with Gasteiger partial charge in [-0.2, -0.15) is 0 Å². The number of piperazine rings is 1. The lowest BCUT2D eigenvalue weighted by Gasteiger charge is -2.36. The Morgan fingerprint density at radius 1 is 1.09 bits per heavy atom. The van der Waals surface area contributed by atoms with E-state index in [9.17, 15) is 42.9 Å². The highest BCUT2D eigenvalue weighted by Crippen LogP contribution is 2.46. The molecule has 13 nitrogen and oxygen atoms in total. The molecule has 3 saturated heterocycles. The minimum Gasteiger partial charge on any atom is -0.504 e. The topological polar surface area (TPSA) is 182 Å². The van der Waals surface area contributed by atoms with Crippen LogP contribution in [0.3, 0.4) is 0 Å². The summed E-state index contributed by atoms with van der Waals surface area (Å²) in [7, 11) is -4.10. The first-order chi connectivity index (χ1) is 15.9. The van der Waals surface area contributed by atoms with E-state index in [1.807, 2.05) is 0 Å². The first-order valence-electron chi connectivity index (χ1n) is 10.4. The smallest absolute Gasteiger partial charge is 0.409 e. The van der Waals surface area contributed by atoms with Crippen LogP contribution in [-0.2, 0) is 24.2 Å². The van der Waals surface area contributed by atoms with Crippen molar-refractivity contribution in [3.63, 3.8) is 0 Å².